The second-order valence-electron chi connectivity index (χ2n) is 5.79. The normalized spacial score (nSPS) is 15.2. The van der Waals surface area contributed by atoms with Gasteiger partial charge in [-0.1, -0.05) is 41.9 Å². The van der Waals surface area contributed by atoms with Gasteiger partial charge >= 0.3 is 0 Å². The van der Waals surface area contributed by atoms with Gasteiger partial charge in [0.15, 0.2) is 0 Å². The molecule has 0 radical (unpaired) electrons. The monoisotopic (exact) mass is 285 g/mol. The van der Waals surface area contributed by atoms with E-state index in [9.17, 15) is 0 Å². The molecule has 0 amide bonds. The predicted molar refractivity (Wildman–Crippen MR) is 85.3 cm³/mol. The van der Waals surface area contributed by atoms with Gasteiger partial charge in [0.25, 0.3) is 0 Å². The van der Waals surface area contributed by atoms with Gasteiger partial charge in [-0.15, -0.1) is 0 Å². The fourth-order valence-electron chi connectivity index (χ4n) is 3.00. The first-order chi connectivity index (χ1) is 9.63. The van der Waals surface area contributed by atoms with E-state index < -0.39 is 0 Å². The van der Waals surface area contributed by atoms with Gasteiger partial charge in [0.1, 0.15) is 0 Å². The molecule has 104 valence electrons. The van der Waals surface area contributed by atoms with Crippen molar-refractivity contribution in [2.75, 3.05) is 0 Å². The van der Waals surface area contributed by atoms with Crippen molar-refractivity contribution in [3.05, 3.63) is 69.2 Å². The number of rotatable bonds is 3. The average Bonchev–Trinajstić information content (AvgIpc) is 2.89. The minimum absolute atomic E-state index is 0.0149. The smallest absolute Gasteiger partial charge is 0.0441 e. The lowest BCUT2D eigenvalue weighted by atomic mass is 9.96. The molecule has 0 heterocycles. The van der Waals surface area contributed by atoms with Crippen LogP contribution in [0.5, 0.6) is 0 Å². The predicted octanol–water partition coefficient (Wildman–Crippen LogP) is 4.38. The summed E-state index contributed by atoms with van der Waals surface area (Å²) in [5, 5.41) is 0.821. The van der Waals surface area contributed by atoms with Gasteiger partial charge in [0.2, 0.25) is 0 Å². The minimum Gasteiger partial charge on any atom is -0.324 e. The molecule has 1 unspecified atom stereocenters. The van der Waals surface area contributed by atoms with Crippen LogP contribution in [0, 0.1) is 6.92 Å². The van der Waals surface area contributed by atoms with Crippen molar-refractivity contribution in [3.63, 3.8) is 0 Å². The highest BCUT2D eigenvalue weighted by molar-refractivity contribution is 6.31. The van der Waals surface area contributed by atoms with Gasteiger partial charge in [-0.05, 0) is 66.5 Å². The van der Waals surface area contributed by atoms with E-state index >= 15 is 0 Å². The number of fused-ring (bicyclic) bond motifs is 1. The summed E-state index contributed by atoms with van der Waals surface area (Å²) in [6.07, 6.45) is 4.48. The molecule has 2 aromatic carbocycles. The van der Waals surface area contributed by atoms with Gasteiger partial charge in [-0.2, -0.15) is 0 Å². The lowest BCUT2D eigenvalue weighted by Crippen LogP contribution is -2.14. The van der Waals surface area contributed by atoms with E-state index in [1.165, 1.54) is 41.5 Å². The molecular formula is C18H20ClN. The maximum Gasteiger partial charge on any atom is 0.0441 e. The van der Waals surface area contributed by atoms with Crippen LogP contribution in [0.1, 0.15) is 40.3 Å². The molecule has 1 aliphatic carbocycles. The van der Waals surface area contributed by atoms with Crippen molar-refractivity contribution in [3.8, 4) is 0 Å². The summed E-state index contributed by atoms with van der Waals surface area (Å²) in [7, 11) is 0. The zero-order valence-corrected chi connectivity index (χ0v) is 12.6. The Morgan fingerprint density at radius 2 is 1.90 bits per heavy atom. The lowest BCUT2D eigenvalue weighted by Gasteiger charge is -2.15. The van der Waals surface area contributed by atoms with Crippen molar-refractivity contribution < 1.29 is 0 Å². The van der Waals surface area contributed by atoms with Crippen LogP contribution in [0.4, 0.5) is 0 Å². The molecule has 0 bridgehead atoms. The van der Waals surface area contributed by atoms with Gasteiger partial charge in [-0.3, -0.25) is 0 Å². The Bertz CT molecular complexity index is 633. The second-order valence-corrected chi connectivity index (χ2v) is 6.19. The summed E-state index contributed by atoms with van der Waals surface area (Å²) in [5.74, 6) is 0. The highest BCUT2D eigenvalue weighted by atomic mass is 35.5. The highest BCUT2D eigenvalue weighted by Crippen LogP contribution is 2.27. The van der Waals surface area contributed by atoms with E-state index in [1.807, 2.05) is 6.07 Å². The van der Waals surface area contributed by atoms with Crippen LogP contribution in [0.3, 0.4) is 0 Å². The fourth-order valence-corrected chi connectivity index (χ4v) is 3.31. The Balaban J connectivity index is 1.80. The summed E-state index contributed by atoms with van der Waals surface area (Å²) in [4.78, 5) is 0. The first kappa shape index (κ1) is 13.7. The molecule has 0 saturated heterocycles. The molecule has 0 aromatic heterocycles. The highest BCUT2D eigenvalue weighted by Gasteiger charge is 2.15. The summed E-state index contributed by atoms with van der Waals surface area (Å²) < 4.78 is 0. The molecule has 0 aliphatic heterocycles. The molecule has 0 fully saturated rings. The number of aryl methyl sites for hydroxylation is 3. The molecule has 3 rings (SSSR count). The Morgan fingerprint density at radius 1 is 1.10 bits per heavy atom. The van der Waals surface area contributed by atoms with Crippen LogP contribution < -0.4 is 5.73 Å². The third-order valence-electron chi connectivity index (χ3n) is 4.20. The Labute approximate surface area is 125 Å². The maximum atomic E-state index is 6.37. The fraction of sp³-hybridized carbons (Fsp3) is 0.333. The van der Waals surface area contributed by atoms with Crippen molar-refractivity contribution in [2.45, 2.75) is 38.6 Å². The van der Waals surface area contributed by atoms with Crippen molar-refractivity contribution in [1.29, 1.82) is 0 Å². The number of halogens is 1. The number of hydrogen-bond donors (Lipinski definition) is 1. The zero-order valence-electron chi connectivity index (χ0n) is 11.8. The summed E-state index contributed by atoms with van der Waals surface area (Å²) in [5.41, 5.74) is 12.9. The first-order valence-corrected chi connectivity index (χ1v) is 7.63. The molecule has 2 aromatic rings. The molecule has 20 heavy (non-hydrogen) atoms. The third-order valence-corrected chi connectivity index (χ3v) is 4.55. The van der Waals surface area contributed by atoms with E-state index in [0.29, 0.717) is 0 Å². The van der Waals surface area contributed by atoms with Crippen LogP contribution in [0.25, 0.3) is 0 Å². The molecule has 0 saturated carbocycles. The molecule has 2 heteroatoms. The minimum atomic E-state index is 0.0149. The van der Waals surface area contributed by atoms with E-state index in [0.717, 1.165) is 17.0 Å². The van der Waals surface area contributed by atoms with E-state index in [-0.39, 0.29) is 6.04 Å². The van der Waals surface area contributed by atoms with Crippen LogP contribution >= 0.6 is 11.6 Å². The van der Waals surface area contributed by atoms with Gasteiger partial charge in [0, 0.05) is 11.1 Å². The molecule has 1 aliphatic rings. The molecule has 2 N–H and O–H groups in total. The molecule has 0 spiro atoms. The number of hydrogen-bond acceptors (Lipinski definition) is 1. The SMILES string of the molecule is Cc1ccc(CC(N)c2ccc3c(c2)CCC3)c(Cl)c1. The van der Waals surface area contributed by atoms with Crippen LogP contribution in [0.15, 0.2) is 36.4 Å². The first-order valence-electron chi connectivity index (χ1n) is 7.26. The van der Waals surface area contributed by atoms with Crippen LogP contribution in [-0.2, 0) is 19.3 Å². The average molecular weight is 286 g/mol. The van der Waals surface area contributed by atoms with Crippen molar-refractivity contribution in [1.82, 2.24) is 0 Å². The van der Waals surface area contributed by atoms with Crippen molar-refractivity contribution in [2.24, 2.45) is 5.73 Å². The summed E-state index contributed by atoms with van der Waals surface area (Å²) >= 11 is 6.30. The Kier molecular flexibility index (Phi) is 3.82. The standard InChI is InChI=1S/C18H20ClN/c1-12-5-6-15(17(19)9-12)11-18(20)16-8-7-13-3-2-4-14(13)10-16/h5-10,18H,2-4,11,20H2,1H3. The van der Waals surface area contributed by atoms with E-state index in [1.54, 1.807) is 0 Å². The van der Waals surface area contributed by atoms with Crippen LogP contribution in [-0.4, -0.2) is 0 Å². The van der Waals surface area contributed by atoms with Gasteiger partial charge in [0.05, 0.1) is 0 Å². The molecular weight excluding hydrogens is 266 g/mol. The van der Waals surface area contributed by atoms with E-state index in [4.69, 9.17) is 17.3 Å². The van der Waals surface area contributed by atoms with Gasteiger partial charge < -0.3 is 5.73 Å². The number of benzene rings is 2. The molecule has 1 atom stereocenters. The number of nitrogens with two attached hydrogens (primary N) is 1. The van der Waals surface area contributed by atoms with Crippen molar-refractivity contribution >= 4 is 11.6 Å². The van der Waals surface area contributed by atoms with Gasteiger partial charge in [-0.25, -0.2) is 0 Å². The lowest BCUT2D eigenvalue weighted by molar-refractivity contribution is 0.720. The molecule has 1 nitrogen and oxygen atoms in total. The summed E-state index contributed by atoms with van der Waals surface area (Å²) in [6.45, 7) is 2.05. The summed E-state index contributed by atoms with van der Waals surface area (Å²) in [6, 6.07) is 12.9. The topological polar surface area (TPSA) is 26.0 Å². The largest absolute Gasteiger partial charge is 0.324 e. The Hall–Kier alpha value is -1.31. The maximum absolute atomic E-state index is 6.37. The van der Waals surface area contributed by atoms with E-state index in [2.05, 4.69) is 37.3 Å². The second kappa shape index (κ2) is 5.59. The Morgan fingerprint density at radius 3 is 2.70 bits per heavy atom. The third kappa shape index (κ3) is 2.74. The quantitative estimate of drug-likeness (QED) is 0.890. The zero-order chi connectivity index (χ0) is 14.1. The van der Waals surface area contributed by atoms with Crippen LogP contribution in [0.2, 0.25) is 5.02 Å².